The Bertz CT molecular complexity index is 421. The first-order valence-corrected chi connectivity index (χ1v) is 5.98. The molecule has 94 valence electrons. The van der Waals surface area contributed by atoms with Crippen molar-refractivity contribution in [3.05, 3.63) is 16.6 Å². The van der Waals surface area contributed by atoms with Crippen LogP contribution in [0.5, 0.6) is 0 Å². The van der Waals surface area contributed by atoms with Crippen LogP contribution in [0, 0.1) is 6.92 Å². The molecule has 0 aliphatic rings. The molecule has 0 spiro atoms. The predicted octanol–water partition coefficient (Wildman–Crippen LogP) is 2.16. The number of ketones is 1. The number of amides is 1. The molecule has 0 saturated carbocycles. The summed E-state index contributed by atoms with van der Waals surface area (Å²) >= 11 is 1.13. The van der Waals surface area contributed by atoms with Gasteiger partial charge in [0.2, 0.25) is 0 Å². The number of Topliss-reactive ketones (excluding diaryl/α,β-unsaturated/α-hetero) is 1. The number of aryl methyl sites for hydroxylation is 1. The number of hydrogen-bond donors (Lipinski definition) is 1. The molecule has 17 heavy (non-hydrogen) atoms. The largest absolute Gasteiger partial charge is 0.444 e. The average Bonchev–Trinajstić information content (AvgIpc) is 2.58. The highest BCUT2D eigenvalue weighted by Crippen LogP contribution is 2.10. The first-order valence-electron chi connectivity index (χ1n) is 5.21. The second kappa shape index (κ2) is 5.27. The number of nitrogens with one attached hydrogen (secondary N) is 1. The number of ether oxygens (including phenoxy) is 1. The molecule has 1 amide bonds. The first kappa shape index (κ1) is 13.6. The molecule has 1 heterocycles. The molecule has 0 fully saturated rings. The number of hydrogen-bond acceptors (Lipinski definition) is 5. The lowest BCUT2D eigenvalue weighted by Crippen LogP contribution is -2.35. The van der Waals surface area contributed by atoms with Gasteiger partial charge in [0.25, 0.3) is 0 Å². The number of alkyl carbamates (subject to hydrolysis) is 1. The summed E-state index contributed by atoms with van der Waals surface area (Å²) in [5.41, 5.74) is 0.240. The minimum atomic E-state index is -0.591. The standard InChI is InChI=1S/C11H16N2O3S/c1-7-5-9(17-13-7)8(14)6-12-10(15)16-11(2,3)4/h5H,6H2,1-4H3,(H,12,15). The third-order valence-corrected chi connectivity index (χ3v) is 2.62. The monoisotopic (exact) mass is 256 g/mol. The van der Waals surface area contributed by atoms with Crippen molar-refractivity contribution in [2.75, 3.05) is 6.54 Å². The first-order chi connectivity index (χ1) is 7.78. The van der Waals surface area contributed by atoms with E-state index in [1.807, 2.05) is 6.92 Å². The van der Waals surface area contributed by atoms with Crippen LogP contribution < -0.4 is 5.32 Å². The average molecular weight is 256 g/mol. The van der Waals surface area contributed by atoms with Crippen molar-refractivity contribution in [2.24, 2.45) is 0 Å². The fourth-order valence-corrected chi connectivity index (χ4v) is 1.74. The van der Waals surface area contributed by atoms with Gasteiger partial charge in [0.05, 0.1) is 17.1 Å². The quantitative estimate of drug-likeness (QED) is 0.841. The minimum Gasteiger partial charge on any atom is -0.444 e. The van der Waals surface area contributed by atoms with Crippen LogP contribution in [0.4, 0.5) is 4.79 Å². The highest BCUT2D eigenvalue weighted by atomic mass is 32.1. The molecule has 1 aromatic rings. The van der Waals surface area contributed by atoms with Crippen molar-refractivity contribution < 1.29 is 14.3 Å². The molecule has 0 aliphatic carbocycles. The fourth-order valence-electron chi connectivity index (χ4n) is 1.05. The Morgan fingerprint density at radius 1 is 1.47 bits per heavy atom. The van der Waals surface area contributed by atoms with Gasteiger partial charge in [-0.1, -0.05) is 0 Å². The number of carbonyl (C=O) groups excluding carboxylic acids is 2. The van der Waals surface area contributed by atoms with Crippen LogP contribution in [0.25, 0.3) is 0 Å². The molecular formula is C11H16N2O3S. The lowest BCUT2D eigenvalue weighted by atomic mass is 10.2. The Labute approximate surface area is 104 Å². The summed E-state index contributed by atoms with van der Waals surface area (Å²) < 4.78 is 9.02. The lowest BCUT2D eigenvalue weighted by molar-refractivity contribution is 0.0520. The zero-order valence-electron chi connectivity index (χ0n) is 10.4. The zero-order chi connectivity index (χ0) is 13.1. The number of carbonyl (C=O) groups is 2. The van der Waals surface area contributed by atoms with E-state index in [9.17, 15) is 9.59 Å². The van der Waals surface area contributed by atoms with Crippen LogP contribution in [0.15, 0.2) is 6.07 Å². The Morgan fingerprint density at radius 2 is 2.12 bits per heavy atom. The number of rotatable bonds is 3. The summed E-state index contributed by atoms with van der Waals surface area (Å²) in [7, 11) is 0. The Morgan fingerprint density at radius 3 is 2.59 bits per heavy atom. The van der Waals surface area contributed by atoms with E-state index in [-0.39, 0.29) is 12.3 Å². The third-order valence-electron chi connectivity index (χ3n) is 1.69. The second-order valence-corrected chi connectivity index (χ2v) is 5.42. The van der Waals surface area contributed by atoms with Crippen LogP contribution in [0.1, 0.15) is 36.1 Å². The summed E-state index contributed by atoms with van der Waals surface area (Å²) in [5, 5.41) is 2.41. The summed E-state index contributed by atoms with van der Waals surface area (Å²) in [6, 6.07) is 1.70. The minimum absolute atomic E-state index is 0.0729. The van der Waals surface area contributed by atoms with Crippen molar-refractivity contribution in [3.8, 4) is 0 Å². The zero-order valence-corrected chi connectivity index (χ0v) is 11.2. The van der Waals surface area contributed by atoms with Crippen molar-refractivity contribution in [2.45, 2.75) is 33.3 Å². The maximum Gasteiger partial charge on any atom is 0.408 e. The Balaban J connectivity index is 2.41. The summed E-state index contributed by atoms with van der Waals surface area (Å²) in [6.45, 7) is 7.04. The van der Waals surface area contributed by atoms with Gasteiger partial charge in [-0.2, -0.15) is 4.37 Å². The van der Waals surface area contributed by atoms with Crippen LogP contribution in [-0.4, -0.2) is 28.4 Å². The van der Waals surface area contributed by atoms with Gasteiger partial charge in [0.15, 0.2) is 5.78 Å². The summed E-state index contributed by atoms with van der Waals surface area (Å²) in [5.74, 6) is -0.165. The van der Waals surface area contributed by atoms with Crippen molar-refractivity contribution in [3.63, 3.8) is 0 Å². The third kappa shape index (κ3) is 4.95. The molecule has 1 rings (SSSR count). The van der Waals surface area contributed by atoms with Crippen molar-refractivity contribution in [1.29, 1.82) is 0 Å². The molecular weight excluding hydrogens is 240 g/mol. The van der Waals surface area contributed by atoms with Crippen LogP contribution in [-0.2, 0) is 4.74 Å². The molecule has 1 aromatic heterocycles. The van der Waals surface area contributed by atoms with Gasteiger partial charge in [-0.15, -0.1) is 0 Å². The summed E-state index contributed by atoms with van der Waals surface area (Å²) in [4.78, 5) is 23.5. The van der Waals surface area contributed by atoms with E-state index < -0.39 is 11.7 Å². The number of aromatic nitrogens is 1. The maximum absolute atomic E-state index is 11.6. The van der Waals surface area contributed by atoms with Crippen LogP contribution in [0.2, 0.25) is 0 Å². The molecule has 0 saturated heterocycles. The van der Waals surface area contributed by atoms with Gasteiger partial charge in [-0.05, 0) is 45.3 Å². The second-order valence-electron chi connectivity index (χ2n) is 4.61. The molecule has 0 aromatic carbocycles. The molecule has 1 N–H and O–H groups in total. The van der Waals surface area contributed by atoms with E-state index in [4.69, 9.17) is 4.74 Å². The van der Waals surface area contributed by atoms with E-state index >= 15 is 0 Å². The van der Waals surface area contributed by atoms with Crippen molar-refractivity contribution >= 4 is 23.4 Å². The van der Waals surface area contributed by atoms with Gasteiger partial charge in [-0.25, -0.2) is 4.79 Å². The van der Waals surface area contributed by atoms with Crippen LogP contribution in [0.3, 0.4) is 0 Å². The van der Waals surface area contributed by atoms with Gasteiger partial charge in [-0.3, -0.25) is 4.79 Å². The number of nitrogens with zero attached hydrogens (tertiary/aromatic N) is 1. The van der Waals surface area contributed by atoms with Crippen LogP contribution >= 0.6 is 11.5 Å². The highest BCUT2D eigenvalue weighted by Gasteiger charge is 2.17. The predicted molar refractivity (Wildman–Crippen MR) is 65.4 cm³/mol. The normalized spacial score (nSPS) is 11.1. The van der Waals surface area contributed by atoms with Gasteiger partial charge >= 0.3 is 6.09 Å². The van der Waals surface area contributed by atoms with Gasteiger partial charge in [0.1, 0.15) is 5.60 Å². The maximum atomic E-state index is 11.6. The van der Waals surface area contributed by atoms with Crippen molar-refractivity contribution in [1.82, 2.24) is 9.69 Å². The van der Waals surface area contributed by atoms with Gasteiger partial charge in [0, 0.05) is 0 Å². The van der Waals surface area contributed by atoms with E-state index in [0.29, 0.717) is 4.88 Å². The van der Waals surface area contributed by atoms with E-state index in [2.05, 4.69) is 9.69 Å². The lowest BCUT2D eigenvalue weighted by Gasteiger charge is -2.19. The summed E-state index contributed by atoms with van der Waals surface area (Å²) in [6.07, 6.45) is -0.591. The molecule has 5 nitrogen and oxygen atoms in total. The molecule has 0 atom stereocenters. The molecule has 6 heteroatoms. The van der Waals surface area contributed by atoms with E-state index in [1.54, 1.807) is 26.8 Å². The van der Waals surface area contributed by atoms with E-state index in [1.165, 1.54) is 0 Å². The Kier molecular flexibility index (Phi) is 4.22. The van der Waals surface area contributed by atoms with E-state index in [0.717, 1.165) is 17.2 Å². The van der Waals surface area contributed by atoms with Gasteiger partial charge < -0.3 is 10.1 Å². The SMILES string of the molecule is Cc1cc(C(=O)CNC(=O)OC(C)(C)C)sn1. The molecule has 0 unspecified atom stereocenters. The molecule has 0 bridgehead atoms. The smallest absolute Gasteiger partial charge is 0.408 e. The molecule has 0 aliphatic heterocycles. The fraction of sp³-hybridized carbons (Fsp3) is 0.545. The Hall–Kier alpha value is -1.43. The highest BCUT2D eigenvalue weighted by molar-refractivity contribution is 7.08. The topological polar surface area (TPSA) is 68.3 Å². The molecule has 0 radical (unpaired) electrons.